The van der Waals surface area contributed by atoms with Gasteiger partial charge in [-0.2, -0.15) is 0 Å². The molecule has 0 bridgehead atoms. The number of thiazole rings is 1. The fourth-order valence-corrected chi connectivity index (χ4v) is 3.71. The molecular formula is C18H19N4O3S+. The molecule has 26 heavy (non-hydrogen) atoms. The lowest BCUT2D eigenvalue weighted by Gasteiger charge is -2.19. The average Bonchev–Trinajstić information content (AvgIpc) is 3.05. The van der Waals surface area contributed by atoms with Gasteiger partial charge >= 0.3 is 0 Å². The molecule has 2 aromatic carbocycles. The Bertz CT molecular complexity index is 923. The quantitative estimate of drug-likeness (QED) is 0.514. The molecule has 0 aliphatic rings. The van der Waals surface area contributed by atoms with E-state index in [1.54, 1.807) is 23.5 Å². The number of nitrogens with zero attached hydrogens (tertiary/aromatic N) is 2. The van der Waals surface area contributed by atoms with E-state index in [-0.39, 0.29) is 24.2 Å². The SMILES string of the molecule is C[C@H](c1nc2ccccc2s1)[NH+](C)CC(=O)Nc1cccc([N+](=O)[O-])c1. The van der Waals surface area contributed by atoms with Crippen molar-refractivity contribution in [1.29, 1.82) is 0 Å². The second kappa shape index (κ2) is 7.59. The first kappa shape index (κ1) is 18.0. The maximum absolute atomic E-state index is 12.3. The molecule has 1 aromatic heterocycles. The van der Waals surface area contributed by atoms with E-state index in [0.717, 1.165) is 20.1 Å². The van der Waals surface area contributed by atoms with Crippen molar-refractivity contribution in [2.75, 3.05) is 18.9 Å². The predicted molar refractivity (Wildman–Crippen MR) is 102 cm³/mol. The van der Waals surface area contributed by atoms with Gasteiger partial charge in [-0.3, -0.25) is 14.9 Å². The Morgan fingerprint density at radius 3 is 2.81 bits per heavy atom. The number of anilines is 1. The van der Waals surface area contributed by atoms with Gasteiger partial charge in [-0.1, -0.05) is 18.2 Å². The van der Waals surface area contributed by atoms with Gasteiger partial charge in [-0.05, 0) is 25.1 Å². The number of likely N-dealkylation sites (N-methyl/N-ethyl adjacent to an activating group) is 1. The van der Waals surface area contributed by atoms with Crippen LogP contribution in [0.5, 0.6) is 0 Å². The summed E-state index contributed by atoms with van der Waals surface area (Å²) in [6, 6.07) is 13.9. The minimum absolute atomic E-state index is 0.0497. The zero-order chi connectivity index (χ0) is 18.7. The first-order valence-electron chi connectivity index (χ1n) is 8.16. The molecule has 8 heteroatoms. The number of nitrogens with one attached hydrogen (secondary N) is 2. The fourth-order valence-electron chi connectivity index (χ4n) is 2.59. The summed E-state index contributed by atoms with van der Waals surface area (Å²) in [5.74, 6) is -0.198. The number of amides is 1. The normalized spacial score (nSPS) is 13.3. The maximum atomic E-state index is 12.3. The molecule has 0 fully saturated rings. The van der Waals surface area contributed by atoms with E-state index in [0.29, 0.717) is 5.69 Å². The molecule has 1 heterocycles. The number of hydrogen-bond acceptors (Lipinski definition) is 5. The van der Waals surface area contributed by atoms with Gasteiger partial charge in [0.2, 0.25) is 0 Å². The Kier molecular flexibility index (Phi) is 5.24. The van der Waals surface area contributed by atoms with Gasteiger partial charge in [-0.25, -0.2) is 4.98 Å². The van der Waals surface area contributed by atoms with E-state index in [4.69, 9.17) is 0 Å². The number of rotatable bonds is 6. The van der Waals surface area contributed by atoms with Crippen molar-refractivity contribution in [3.63, 3.8) is 0 Å². The smallest absolute Gasteiger partial charge is 0.279 e. The maximum Gasteiger partial charge on any atom is 0.279 e. The Labute approximate surface area is 154 Å². The van der Waals surface area contributed by atoms with Gasteiger partial charge in [0.05, 0.1) is 22.2 Å². The lowest BCUT2D eigenvalue weighted by atomic mass is 10.2. The van der Waals surface area contributed by atoms with Crippen LogP contribution in [0.2, 0.25) is 0 Å². The molecule has 1 amide bonds. The van der Waals surface area contributed by atoms with Crippen LogP contribution in [0.25, 0.3) is 10.2 Å². The molecule has 0 saturated heterocycles. The summed E-state index contributed by atoms with van der Waals surface area (Å²) in [4.78, 5) is 28.3. The topological polar surface area (TPSA) is 89.6 Å². The molecule has 3 aromatic rings. The Morgan fingerprint density at radius 2 is 2.08 bits per heavy atom. The number of carbonyl (C=O) groups is 1. The third kappa shape index (κ3) is 4.04. The Morgan fingerprint density at radius 1 is 1.31 bits per heavy atom. The van der Waals surface area contributed by atoms with Crippen LogP contribution in [0.4, 0.5) is 11.4 Å². The average molecular weight is 371 g/mol. The monoisotopic (exact) mass is 371 g/mol. The summed E-state index contributed by atoms with van der Waals surface area (Å²) in [5.41, 5.74) is 1.34. The van der Waals surface area contributed by atoms with E-state index in [9.17, 15) is 14.9 Å². The highest BCUT2D eigenvalue weighted by Gasteiger charge is 2.22. The van der Waals surface area contributed by atoms with Crippen molar-refractivity contribution in [2.24, 2.45) is 0 Å². The molecule has 0 saturated carbocycles. The zero-order valence-corrected chi connectivity index (χ0v) is 15.2. The predicted octanol–water partition coefficient (Wildman–Crippen LogP) is 2.42. The van der Waals surface area contributed by atoms with Gasteiger partial charge in [-0.15, -0.1) is 11.3 Å². The fraction of sp³-hybridized carbons (Fsp3) is 0.222. The molecule has 0 aliphatic carbocycles. The second-order valence-corrected chi connectivity index (χ2v) is 7.18. The molecule has 3 rings (SSSR count). The van der Waals surface area contributed by atoms with Crippen LogP contribution in [-0.4, -0.2) is 29.4 Å². The number of para-hydroxylation sites is 1. The van der Waals surface area contributed by atoms with Crippen molar-refractivity contribution in [3.05, 3.63) is 63.7 Å². The summed E-state index contributed by atoms with van der Waals surface area (Å²) in [6.07, 6.45) is 0. The van der Waals surface area contributed by atoms with Gasteiger partial charge < -0.3 is 10.2 Å². The molecule has 2 N–H and O–H groups in total. The molecule has 0 spiro atoms. The van der Waals surface area contributed by atoms with E-state index >= 15 is 0 Å². The number of hydrogen-bond donors (Lipinski definition) is 2. The van der Waals surface area contributed by atoms with Crippen LogP contribution < -0.4 is 10.2 Å². The van der Waals surface area contributed by atoms with Crippen LogP contribution in [-0.2, 0) is 4.79 Å². The lowest BCUT2D eigenvalue weighted by Crippen LogP contribution is -3.10. The summed E-state index contributed by atoms with van der Waals surface area (Å²) in [6.45, 7) is 2.27. The molecule has 7 nitrogen and oxygen atoms in total. The van der Waals surface area contributed by atoms with E-state index in [1.165, 1.54) is 12.1 Å². The highest BCUT2D eigenvalue weighted by molar-refractivity contribution is 7.18. The van der Waals surface area contributed by atoms with E-state index < -0.39 is 4.92 Å². The third-order valence-electron chi connectivity index (χ3n) is 4.20. The molecular weight excluding hydrogens is 352 g/mol. The number of nitro groups is 1. The highest BCUT2D eigenvalue weighted by atomic mass is 32.1. The largest absolute Gasteiger partial charge is 0.322 e. The number of carbonyl (C=O) groups excluding carboxylic acids is 1. The van der Waals surface area contributed by atoms with Crippen molar-refractivity contribution < 1.29 is 14.6 Å². The number of benzene rings is 2. The second-order valence-electron chi connectivity index (χ2n) is 6.12. The number of quaternary nitrogens is 1. The van der Waals surface area contributed by atoms with Gasteiger partial charge in [0.1, 0.15) is 6.04 Å². The Hall–Kier alpha value is -2.84. The molecule has 134 valence electrons. The third-order valence-corrected chi connectivity index (χ3v) is 5.42. The van der Waals surface area contributed by atoms with Gasteiger partial charge in [0, 0.05) is 17.8 Å². The van der Waals surface area contributed by atoms with E-state index in [2.05, 4.69) is 10.3 Å². The number of fused-ring (bicyclic) bond motifs is 1. The van der Waals surface area contributed by atoms with Crippen LogP contribution >= 0.6 is 11.3 Å². The summed E-state index contributed by atoms with van der Waals surface area (Å²) < 4.78 is 1.13. The first-order chi connectivity index (χ1) is 12.4. The summed E-state index contributed by atoms with van der Waals surface area (Å²) in [5, 5.41) is 14.5. The van der Waals surface area contributed by atoms with Crippen LogP contribution in [0.3, 0.4) is 0 Å². The number of non-ortho nitro benzene ring substituents is 1. The number of nitro benzene ring substituents is 1. The minimum atomic E-state index is -0.484. The first-order valence-corrected chi connectivity index (χ1v) is 8.98. The van der Waals surface area contributed by atoms with E-state index in [1.807, 2.05) is 38.2 Å². The summed E-state index contributed by atoms with van der Waals surface area (Å²) in [7, 11) is 1.93. The van der Waals surface area contributed by atoms with Crippen molar-refractivity contribution in [3.8, 4) is 0 Å². The van der Waals surface area contributed by atoms with Gasteiger partial charge in [0.25, 0.3) is 11.6 Å². The Balaban J connectivity index is 1.64. The summed E-state index contributed by atoms with van der Waals surface area (Å²) >= 11 is 1.63. The molecule has 1 unspecified atom stereocenters. The zero-order valence-electron chi connectivity index (χ0n) is 14.4. The van der Waals surface area contributed by atoms with Crippen molar-refractivity contribution in [2.45, 2.75) is 13.0 Å². The van der Waals surface area contributed by atoms with Crippen molar-refractivity contribution >= 4 is 38.8 Å². The molecule has 0 radical (unpaired) electrons. The molecule has 2 atom stereocenters. The molecule has 0 aliphatic heterocycles. The minimum Gasteiger partial charge on any atom is -0.322 e. The lowest BCUT2D eigenvalue weighted by molar-refractivity contribution is -0.902. The van der Waals surface area contributed by atoms with Crippen LogP contribution in [0.15, 0.2) is 48.5 Å². The van der Waals surface area contributed by atoms with Crippen LogP contribution in [0, 0.1) is 10.1 Å². The highest BCUT2D eigenvalue weighted by Crippen LogP contribution is 2.24. The van der Waals surface area contributed by atoms with Crippen molar-refractivity contribution in [1.82, 2.24) is 4.98 Å². The number of aromatic nitrogens is 1. The van der Waals surface area contributed by atoms with Gasteiger partial charge in [0.15, 0.2) is 11.6 Å². The standard InChI is InChI=1S/C18H18N4O3S/c1-12(18-20-15-8-3-4-9-16(15)26-18)21(2)11-17(23)19-13-6-5-7-14(10-13)22(24)25/h3-10,12H,11H2,1-2H3,(H,19,23)/p+1/t12-/m1/s1. The van der Waals surface area contributed by atoms with Crippen LogP contribution in [0.1, 0.15) is 18.0 Å².